The standard InChI is InChI=1S/C21H30O6/c1-4-26-18(22)21(19(23)27-5-2)8-14-6-15-7-20(10-24-12-25-11-20)13(3)17(15)16(14)9-21/h14-16H,4-12H2,1-3H3/t14-,15-,16+/m1/s1. The van der Waals surface area contributed by atoms with Gasteiger partial charge in [0.05, 0.1) is 26.4 Å². The van der Waals surface area contributed by atoms with E-state index in [1.165, 1.54) is 11.1 Å². The Morgan fingerprint density at radius 2 is 1.67 bits per heavy atom. The molecule has 4 rings (SSSR count). The van der Waals surface area contributed by atoms with Gasteiger partial charge in [0.2, 0.25) is 0 Å². The van der Waals surface area contributed by atoms with Crippen LogP contribution in [0.15, 0.2) is 11.1 Å². The minimum absolute atomic E-state index is 0.0255. The van der Waals surface area contributed by atoms with Gasteiger partial charge in [-0.2, -0.15) is 0 Å². The lowest BCUT2D eigenvalue weighted by atomic mass is 9.79. The summed E-state index contributed by atoms with van der Waals surface area (Å²) < 4.78 is 21.9. The van der Waals surface area contributed by atoms with Gasteiger partial charge < -0.3 is 18.9 Å². The van der Waals surface area contributed by atoms with Crippen molar-refractivity contribution >= 4 is 11.9 Å². The quantitative estimate of drug-likeness (QED) is 0.426. The summed E-state index contributed by atoms with van der Waals surface area (Å²) in [5, 5.41) is 0. The molecule has 6 heteroatoms. The molecule has 0 N–H and O–H groups in total. The number of allylic oxidation sites excluding steroid dienone is 1. The lowest BCUT2D eigenvalue weighted by Gasteiger charge is -2.35. The summed E-state index contributed by atoms with van der Waals surface area (Å²) in [5.74, 6) is 0.295. The van der Waals surface area contributed by atoms with Crippen molar-refractivity contribution in [2.24, 2.45) is 28.6 Å². The zero-order valence-electron chi connectivity index (χ0n) is 16.5. The highest BCUT2D eigenvalue weighted by Crippen LogP contribution is 2.64. The number of hydrogen-bond acceptors (Lipinski definition) is 6. The molecule has 3 fully saturated rings. The van der Waals surface area contributed by atoms with E-state index in [-0.39, 0.29) is 24.5 Å². The largest absolute Gasteiger partial charge is 0.465 e. The number of fused-ring (bicyclic) bond motifs is 3. The molecule has 0 unspecified atom stereocenters. The van der Waals surface area contributed by atoms with Crippen LogP contribution in [0, 0.1) is 28.6 Å². The summed E-state index contributed by atoms with van der Waals surface area (Å²) in [7, 11) is 0. The van der Waals surface area contributed by atoms with E-state index < -0.39 is 17.4 Å². The first-order valence-electron chi connectivity index (χ1n) is 10.2. The lowest BCUT2D eigenvalue weighted by molar-refractivity contribution is -0.172. The van der Waals surface area contributed by atoms with E-state index in [0.29, 0.717) is 44.7 Å². The fraction of sp³-hybridized carbons (Fsp3) is 0.810. The van der Waals surface area contributed by atoms with Crippen LogP contribution in [0.4, 0.5) is 0 Å². The third-order valence-electron chi connectivity index (χ3n) is 7.30. The van der Waals surface area contributed by atoms with Crippen molar-refractivity contribution in [2.45, 2.75) is 46.5 Å². The van der Waals surface area contributed by atoms with Crippen LogP contribution in [0.2, 0.25) is 0 Å². The van der Waals surface area contributed by atoms with Gasteiger partial charge in [-0.1, -0.05) is 11.1 Å². The number of rotatable bonds is 4. The van der Waals surface area contributed by atoms with E-state index in [2.05, 4.69) is 6.92 Å². The number of carbonyl (C=O) groups is 2. The first-order chi connectivity index (χ1) is 13.0. The van der Waals surface area contributed by atoms with Crippen molar-refractivity contribution in [3.63, 3.8) is 0 Å². The molecular formula is C21H30O6. The van der Waals surface area contributed by atoms with E-state index in [0.717, 1.165) is 12.8 Å². The van der Waals surface area contributed by atoms with Crippen LogP contribution in [0.3, 0.4) is 0 Å². The Labute approximate surface area is 160 Å². The third kappa shape index (κ3) is 2.75. The van der Waals surface area contributed by atoms with E-state index in [9.17, 15) is 9.59 Å². The molecule has 0 amide bonds. The number of hydrogen-bond donors (Lipinski definition) is 0. The van der Waals surface area contributed by atoms with Gasteiger partial charge in [-0.25, -0.2) is 0 Å². The smallest absolute Gasteiger partial charge is 0.323 e. The molecule has 4 aliphatic rings. The minimum Gasteiger partial charge on any atom is -0.465 e. The SMILES string of the molecule is CCOC(=O)C1(C(=O)OCC)C[C@H]2C[C@@H]3CC4(COCOC4)C(C)=C3[C@H]2C1. The van der Waals surface area contributed by atoms with Gasteiger partial charge in [0.1, 0.15) is 6.79 Å². The molecule has 1 heterocycles. The second kappa shape index (κ2) is 6.89. The Bertz CT molecular complexity index is 642. The van der Waals surface area contributed by atoms with Crippen LogP contribution in [0.1, 0.15) is 46.5 Å². The lowest BCUT2D eigenvalue weighted by Crippen LogP contribution is -2.40. The summed E-state index contributed by atoms with van der Waals surface area (Å²) >= 11 is 0. The Morgan fingerprint density at radius 3 is 2.26 bits per heavy atom. The normalized spacial score (nSPS) is 33.1. The molecule has 0 aromatic heterocycles. The molecule has 1 spiro atoms. The minimum atomic E-state index is -1.14. The van der Waals surface area contributed by atoms with Crippen LogP contribution in [-0.4, -0.2) is 45.2 Å². The zero-order valence-corrected chi connectivity index (χ0v) is 16.5. The Morgan fingerprint density at radius 1 is 1.04 bits per heavy atom. The van der Waals surface area contributed by atoms with Crippen LogP contribution < -0.4 is 0 Å². The number of carbonyl (C=O) groups excluding carboxylic acids is 2. The van der Waals surface area contributed by atoms with Crippen molar-refractivity contribution in [3.8, 4) is 0 Å². The average molecular weight is 378 g/mol. The second-order valence-corrected chi connectivity index (χ2v) is 8.61. The van der Waals surface area contributed by atoms with Crippen LogP contribution in [-0.2, 0) is 28.5 Å². The fourth-order valence-corrected chi connectivity index (χ4v) is 6.19. The van der Waals surface area contributed by atoms with Gasteiger partial charge in [0.25, 0.3) is 0 Å². The Balaban J connectivity index is 1.64. The summed E-state index contributed by atoms with van der Waals surface area (Å²) in [6.45, 7) is 8.08. The topological polar surface area (TPSA) is 71.1 Å². The maximum atomic E-state index is 12.8. The van der Waals surface area contributed by atoms with Crippen molar-refractivity contribution in [3.05, 3.63) is 11.1 Å². The van der Waals surface area contributed by atoms with E-state index >= 15 is 0 Å². The van der Waals surface area contributed by atoms with Crippen LogP contribution in [0.25, 0.3) is 0 Å². The fourth-order valence-electron chi connectivity index (χ4n) is 6.19. The molecule has 0 aromatic rings. The summed E-state index contributed by atoms with van der Waals surface area (Å²) in [4.78, 5) is 25.6. The van der Waals surface area contributed by atoms with Gasteiger partial charge in [0.15, 0.2) is 5.41 Å². The van der Waals surface area contributed by atoms with E-state index in [1.807, 2.05) is 0 Å². The molecule has 2 saturated carbocycles. The highest BCUT2D eigenvalue weighted by atomic mass is 16.7. The molecule has 3 aliphatic carbocycles. The molecule has 6 nitrogen and oxygen atoms in total. The second-order valence-electron chi connectivity index (χ2n) is 8.61. The third-order valence-corrected chi connectivity index (χ3v) is 7.30. The Kier molecular flexibility index (Phi) is 4.83. The first kappa shape index (κ1) is 18.9. The van der Waals surface area contributed by atoms with Gasteiger partial charge in [-0.15, -0.1) is 0 Å². The summed E-state index contributed by atoms with van der Waals surface area (Å²) in [6, 6.07) is 0. The van der Waals surface area contributed by atoms with Crippen molar-refractivity contribution in [1.82, 2.24) is 0 Å². The molecule has 3 atom stereocenters. The molecule has 0 aromatic carbocycles. The molecule has 0 radical (unpaired) electrons. The van der Waals surface area contributed by atoms with Gasteiger partial charge in [0, 0.05) is 5.41 Å². The predicted molar refractivity (Wildman–Crippen MR) is 96.5 cm³/mol. The molecular weight excluding hydrogens is 348 g/mol. The van der Waals surface area contributed by atoms with Gasteiger partial charge >= 0.3 is 11.9 Å². The highest BCUT2D eigenvalue weighted by Gasteiger charge is 2.63. The summed E-state index contributed by atoms with van der Waals surface area (Å²) in [5.41, 5.74) is 1.64. The average Bonchev–Trinajstić information content (AvgIpc) is 3.24. The summed E-state index contributed by atoms with van der Waals surface area (Å²) in [6.07, 6.45) is 3.14. The molecule has 27 heavy (non-hydrogen) atoms. The van der Waals surface area contributed by atoms with Crippen molar-refractivity contribution in [1.29, 1.82) is 0 Å². The van der Waals surface area contributed by atoms with Crippen molar-refractivity contribution in [2.75, 3.05) is 33.2 Å². The predicted octanol–water partition coefficient (Wildman–Crippen LogP) is 2.86. The molecule has 150 valence electrons. The zero-order chi connectivity index (χ0) is 19.2. The number of ether oxygens (including phenoxy) is 4. The van der Waals surface area contributed by atoms with Crippen LogP contribution >= 0.6 is 0 Å². The number of esters is 2. The van der Waals surface area contributed by atoms with Gasteiger partial charge in [-0.3, -0.25) is 9.59 Å². The first-order valence-corrected chi connectivity index (χ1v) is 10.2. The van der Waals surface area contributed by atoms with Crippen LogP contribution in [0.5, 0.6) is 0 Å². The molecule has 1 saturated heterocycles. The Hall–Kier alpha value is -1.40. The molecule has 0 bridgehead atoms. The highest BCUT2D eigenvalue weighted by molar-refractivity contribution is 6.00. The van der Waals surface area contributed by atoms with E-state index in [4.69, 9.17) is 18.9 Å². The molecule has 1 aliphatic heterocycles. The maximum Gasteiger partial charge on any atom is 0.323 e. The van der Waals surface area contributed by atoms with E-state index in [1.54, 1.807) is 13.8 Å². The van der Waals surface area contributed by atoms with Gasteiger partial charge in [-0.05, 0) is 64.2 Å². The maximum absolute atomic E-state index is 12.8. The monoisotopic (exact) mass is 378 g/mol. The van der Waals surface area contributed by atoms with Crippen molar-refractivity contribution < 1.29 is 28.5 Å².